The number of H-pyrrole nitrogens is 1. The number of nitrogens with zero attached hydrogens (tertiary/aromatic N) is 1. The van der Waals surface area contributed by atoms with Crippen LogP contribution in [0.4, 0.5) is 0 Å². The lowest BCUT2D eigenvalue weighted by atomic mass is 10.1. The van der Waals surface area contributed by atoms with Crippen LogP contribution in [0, 0.1) is 0 Å². The van der Waals surface area contributed by atoms with Crippen LogP contribution in [0.25, 0.3) is 5.69 Å². The van der Waals surface area contributed by atoms with Crippen molar-refractivity contribution in [1.29, 1.82) is 0 Å². The van der Waals surface area contributed by atoms with Crippen LogP contribution in [0.1, 0.15) is 23.7 Å². The molecule has 0 saturated carbocycles. The maximum absolute atomic E-state index is 11.9. The van der Waals surface area contributed by atoms with Crippen molar-refractivity contribution in [2.45, 2.75) is 13.3 Å². The second-order valence-electron chi connectivity index (χ2n) is 4.02. The SMILES string of the molecule is CCC(=O)c1c(O)n(-c2ccccc2Cl)c(=O)[nH]c1=O. The second kappa shape index (κ2) is 5.34. The van der Waals surface area contributed by atoms with Gasteiger partial charge in [0.2, 0.25) is 5.88 Å². The molecule has 104 valence electrons. The zero-order valence-electron chi connectivity index (χ0n) is 10.5. The van der Waals surface area contributed by atoms with E-state index < -0.39 is 28.5 Å². The first-order chi connectivity index (χ1) is 9.47. The van der Waals surface area contributed by atoms with Crippen molar-refractivity contribution >= 4 is 17.4 Å². The standard InChI is InChI=1S/C13H11ClN2O4/c1-2-9(17)10-11(18)15-13(20)16(12(10)19)8-6-4-3-5-7(8)14/h3-6,19H,2H2,1H3,(H,15,18,20). The van der Waals surface area contributed by atoms with Crippen molar-refractivity contribution < 1.29 is 9.90 Å². The van der Waals surface area contributed by atoms with E-state index in [4.69, 9.17) is 11.6 Å². The highest BCUT2D eigenvalue weighted by atomic mass is 35.5. The Kier molecular flexibility index (Phi) is 3.76. The highest BCUT2D eigenvalue weighted by Crippen LogP contribution is 2.23. The van der Waals surface area contributed by atoms with Crippen LogP contribution < -0.4 is 11.2 Å². The van der Waals surface area contributed by atoms with E-state index in [2.05, 4.69) is 0 Å². The molecule has 0 aliphatic rings. The minimum absolute atomic E-state index is 0.0252. The zero-order valence-corrected chi connectivity index (χ0v) is 11.3. The molecule has 0 radical (unpaired) electrons. The highest BCUT2D eigenvalue weighted by Gasteiger charge is 2.21. The molecule has 0 amide bonds. The van der Waals surface area contributed by atoms with Gasteiger partial charge in [-0.05, 0) is 12.1 Å². The Hall–Kier alpha value is -2.34. The van der Waals surface area contributed by atoms with Gasteiger partial charge in [-0.2, -0.15) is 0 Å². The number of nitrogens with one attached hydrogen (secondary N) is 1. The molecule has 0 saturated heterocycles. The Morgan fingerprint density at radius 3 is 2.60 bits per heavy atom. The van der Waals surface area contributed by atoms with Gasteiger partial charge in [-0.1, -0.05) is 30.7 Å². The molecule has 2 N–H and O–H groups in total. The predicted octanol–water partition coefficient (Wildman–Crippen LogP) is 1.48. The van der Waals surface area contributed by atoms with Gasteiger partial charge in [-0.25, -0.2) is 9.36 Å². The molecule has 0 aliphatic carbocycles. The molecule has 6 nitrogen and oxygen atoms in total. The first-order valence-electron chi connectivity index (χ1n) is 5.83. The van der Waals surface area contributed by atoms with Gasteiger partial charge in [0.15, 0.2) is 5.78 Å². The molecule has 7 heteroatoms. The highest BCUT2D eigenvalue weighted by molar-refractivity contribution is 6.32. The second-order valence-corrected chi connectivity index (χ2v) is 4.43. The monoisotopic (exact) mass is 294 g/mol. The number of hydrogen-bond donors (Lipinski definition) is 2. The number of rotatable bonds is 3. The third-order valence-corrected chi connectivity index (χ3v) is 3.10. The van der Waals surface area contributed by atoms with E-state index in [0.717, 1.165) is 4.57 Å². The minimum Gasteiger partial charge on any atom is -0.493 e. The molecule has 1 aromatic heterocycles. The van der Waals surface area contributed by atoms with Gasteiger partial charge in [0.25, 0.3) is 5.56 Å². The van der Waals surface area contributed by atoms with Crippen LogP contribution in [0.2, 0.25) is 5.02 Å². The number of Topliss-reactive ketones (excluding diaryl/α,β-unsaturated/α-hetero) is 1. The number of benzene rings is 1. The largest absolute Gasteiger partial charge is 0.493 e. The van der Waals surface area contributed by atoms with Crippen LogP contribution in [-0.2, 0) is 0 Å². The summed E-state index contributed by atoms with van der Waals surface area (Å²) in [6, 6.07) is 6.27. The summed E-state index contributed by atoms with van der Waals surface area (Å²) in [5.41, 5.74) is -2.05. The third-order valence-electron chi connectivity index (χ3n) is 2.78. The van der Waals surface area contributed by atoms with Gasteiger partial charge in [-0.15, -0.1) is 0 Å². The number of halogens is 1. The van der Waals surface area contributed by atoms with Crippen LogP contribution in [0.3, 0.4) is 0 Å². The van der Waals surface area contributed by atoms with Crippen LogP contribution >= 0.6 is 11.6 Å². The van der Waals surface area contributed by atoms with Crippen molar-refractivity contribution in [2.24, 2.45) is 0 Å². The maximum atomic E-state index is 11.9. The maximum Gasteiger partial charge on any atom is 0.335 e. The lowest BCUT2D eigenvalue weighted by molar-refractivity contribution is 0.0982. The van der Waals surface area contributed by atoms with Crippen molar-refractivity contribution in [1.82, 2.24) is 9.55 Å². The molecule has 1 heterocycles. The number of carbonyl (C=O) groups is 1. The summed E-state index contributed by atoms with van der Waals surface area (Å²) in [5, 5.41) is 10.3. The van der Waals surface area contributed by atoms with E-state index >= 15 is 0 Å². The lowest BCUT2D eigenvalue weighted by Gasteiger charge is -2.11. The number of aromatic nitrogens is 2. The first kappa shape index (κ1) is 14.1. The lowest BCUT2D eigenvalue weighted by Crippen LogP contribution is -2.33. The smallest absolute Gasteiger partial charge is 0.335 e. The molecule has 0 spiro atoms. The topological polar surface area (TPSA) is 92.2 Å². The molecule has 2 aromatic rings. The third kappa shape index (κ3) is 2.25. The molecule has 2 rings (SSSR count). The molecular formula is C13H11ClN2O4. The number of ketones is 1. The van der Waals surface area contributed by atoms with E-state index in [1.165, 1.54) is 12.1 Å². The molecule has 20 heavy (non-hydrogen) atoms. The Morgan fingerprint density at radius 1 is 1.35 bits per heavy atom. The summed E-state index contributed by atoms with van der Waals surface area (Å²) >= 11 is 5.96. The molecule has 0 atom stereocenters. The summed E-state index contributed by atoms with van der Waals surface area (Å²) in [6.07, 6.45) is 0.0252. The van der Waals surface area contributed by atoms with Gasteiger partial charge < -0.3 is 5.11 Å². The zero-order chi connectivity index (χ0) is 14.9. The Bertz CT molecular complexity index is 792. The fourth-order valence-electron chi connectivity index (χ4n) is 1.81. The number of aromatic amines is 1. The summed E-state index contributed by atoms with van der Waals surface area (Å²) in [6.45, 7) is 1.55. The number of aromatic hydroxyl groups is 1. The fraction of sp³-hybridized carbons (Fsp3) is 0.154. The normalized spacial score (nSPS) is 10.5. The average Bonchev–Trinajstić information content (AvgIpc) is 2.40. The summed E-state index contributed by atoms with van der Waals surface area (Å²) in [4.78, 5) is 37.2. The fourth-order valence-corrected chi connectivity index (χ4v) is 2.03. The quantitative estimate of drug-likeness (QED) is 0.839. The van der Waals surface area contributed by atoms with Crippen molar-refractivity contribution in [3.8, 4) is 11.6 Å². The van der Waals surface area contributed by atoms with Gasteiger partial charge >= 0.3 is 5.69 Å². The van der Waals surface area contributed by atoms with Gasteiger partial charge in [0, 0.05) is 6.42 Å². The number of para-hydroxylation sites is 1. The van der Waals surface area contributed by atoms with E-state index in [1.54, 1.807) is 19.1 Å². The molecular weight excluding hydrogens is 284 g/mol. The molecule has 0 unspecified atom stereocenters. The predicted molar refractivity (Wildman–Crippen MR) is 74.0 cm³/mol. The van der Waals surface area contributed by atoms with Crippen LogP contribution in [0.5, 0.6) is 5.88 Å². The van der Waals surface area contributed by atoms with Gasteiger partial charge in [0.05, 0.1) is 10.7 Å². The Labute approximate surface area is 118 Å². The average molecular weight is 295 g/mol. The summed E-state index contributed by atoms with van der Waals surface area (Å²) in [7, 11) is 0. The molecule has 0 fully saturated rings. The van der Waals surface area contributed by atoms with Crippen molar-refractivity contribution in [2.75, 3.05) is 0 Å². The summed E-state index contributed by atoms with van der Waals surface area (Å²) < 4.78 is 0.798. The summed E-state index contributed by atoms with van der Waals surface area (Å²) in [5.74, 6) is -1.27. The minimum atomic E-state index is -0.914. The number of carbonyl (C=O) groups excluding carboxylic acids is 1. The van der Waals surface area contributed by atoms with Crippen LogP contribution in [-0.4, -0.2) is 20.4 Å². The van der Waals surface area contributed by atoms with E-state index in [1.807, 2.05) is 4.98 Å². The Balaban J connectivity index is 2.85. The Morgan fingerprint density at radius 2 is 2.00 bits per heavy atom. The van der Waals surface area contributed by atoms with E-state index in [0.29, 0.717) is 0 Å². The molecule has 0 bridgehead atoms. The van der Waals surface area contributed by atoms with Crippen LogP contribution in [0.15, 0.2) is 33.9 Å². The van der Waals surface area contributed by atoms with Gasteiger partial charge in [-0.3, -0.25) is 14.6 Å². The van der Waals surface area contributed by atoms with E-state index in [9.17, 15) is 19.5 Å². The first-order valence-corrected chi connectivity index (χ1v) is 6.21. The van der Waals surface area contributed by atoms with Crippen molar-refractivity contribution in [3.63, 3.8) is 0 Å². The molecule has 0 aliphatic heterocycles. The van der Waals surface area contributed by atoms with Gasteiger partial charge in [0.1, 0.15) is 5.56 Å². The van der Waals surface area contributed by atoms with Crippen molar-refractivity contribution in [3.05, 3.63) is 55.7 Å². The number of hydrogen-bond acceptors (Lipinski definition) is 4. The molecule has 1 aromatic carbocycles. The van der Waals surface area contributed by atoms with E-state index in [-0.39, 0.29) is 17.1 Å².